The van der Waals surface area contributed by atoms with Crippen molar-refractivity contribution in [2.45, 2.75) is 37.9 Å². The Morgan fingerprint density at radius 1 is 1.12 bits per heavy atom. The Hall–Kier alpha value is -3.80. The van der Waals surface area contributed by atoms with Crippen molar-refractivity contribution >= 4 is 29.0 Å². The Morgan fingerprint density at radius 2 is 1.93 bits per heavy atom. The van der Waals surface area contributed by atoms with Gasteiger partial charge in [0.15, 0.2) is 0 Å². The van der Waals surface area contributed by atoms with Crippen molar-refractivity contribution in [2.24, 2.45) is 0 Å². The number of benzene rings is 1. The van der Waals surface area contributed by atoms with Gasteiger partial charge in [-0.3, -0.25) is 4.79 Å². The van der Waals surface area contributed by atoms with Gasteiger partial charge >= 0.3 is 6.18 Å². The first kappa shape index (κ1) is 26.4. The molecule has 4 heterocycles. The van der Waals surface area contributed by atoms with Crippen LogP contribution in [0.25, 0.3) is 0 Å². The molecule has 0 radical (unpaired) electrons. The number of piperazine rings is 1. The van der Waals surface area contributed by atoms with E-state index in [0.717, 1.165) is 62.2 Å². The van der Waals surface area contributed by atoms with Crippen molar-refractivity contribution in [1.29, 1.82) is 0 Å². The minimum absolute atomic E-state index is 0.101. The zero-order chi connectivity index (χ0) is 27.9. The molecule has 2 aliphatic heterocycles. The summed E-state index contributed by atoms with van der Waals surface area (Å²) < 4.78 is 46.5. The molecule has 12 heteroatoms. The van der Waals surface area contributed by atoms with Gasteiger partial charge in [0.05, 0.1) is 18.4 Å². The first-order valence-corrected chi connectivity index (χ1v) is 13.6. The van der Waals surface area contributed by atoms with Crippen LogP contribution in [-0.4, -0.2) is 72.0 Å². The second-order valence-corrected chi connectivity index (χ2v) is 10.7. The molecule has 9 nitrogen and oxygen atoms in total. The summed E-state index contributed by atoms with van der Waals surface area (Å²) in [4.78, 5) is 26.9. The molecule has 212 valence electrons. The van der Waals surface area contributed by atoms with Crippen LogP contribution in [0.4, 0.5) is 36.3 Å². The summed E-state index contributed by atoms with van der Waals surface area (Å²) in [6.45, 7) is 4.89. The number of hydrogen-bond acceptors (Lipinski definition) is 8. The zero-order valence-electron chi connectivity index (χ0n) is 22.3. The summed E-state index contributed by atoms with van der Waals surface area (Å²) in [6.07, 6.45) is 0.304. The number of amides is 1. The number of fused-ring (bicyclic) bond motifs is 1. The smallest absolute Gasteiger partial charge is 0.421 e. The van der Waals surface area contributed by atoms with Gasteiger partial charge in [0.2, 0.25) is 5.95 Å². The second-order valence-electron chi connectivity index (χ2n) is 10.7. The molecule has 1 saturated carbocycles. The van der Waals surface area contributed by atoms with Gasteiger partial charge in [-0.2, -0.15) is 18.2 Å². The quantitative estimate of drug-likeness (QED) is 0.360. The number of alkyl halides is 3. The summed E-state index contributed by atoms with van der Waals surface area (Å²) in [5.74, 6) is 0.729. The maximum absolute atomic E-state index is 13.7. The summed E-state index contributed by atoms with van der Waals surface area (Å²) in [5, 5.41) is 6.00. The lowest BCUT2D eigenvalue weighted by Gasteiger charge is -2.34. The number of hydrogen-bond donors (Lipinski definition) is 2. The number of likely N-dealkylation sites (N-methyl/N-ethyl adjacent to an activating group) is 1. The first-order chi connectivity index (χ1) is 19.3. The van der Waals surface area contributed by atoms with E-state index in [0.29, 0.717) is 36.8 Å². The predicted molar refractivity (Wildman–Crippen MR) is 145 cm³/mol. The van der Waals surface area contributed by atoms with Crippen molar-refractivity contribution in [3.63, 3.8) is 0 Å². The van der Waals surface area contributed by atoms with Crippen LogP contribution >= 0.6 is 0 Å². The van der Waals surface area contributed by atoms with Crippen LogP contribution in [0.15, 0.2) is 41.1 Å². The van der Waals surface area contributed by atoms with Crippen molar-refractivity contribution in [1.82, 2.24) is 19.8 Å². The van der Waals surface area contributed by atoms with E-state index < -0.39 is 11.7 Å². The Kier molecular flexibility index (Phi) is 7.03. The number of nitrogens with one attached hydrogen (secondary N) is 2. The Labute approximate surface area is 230 Å². The summed E-state index contributed by atoms with van der Waals surface area (Å²) in [7, 11) is 2.12. The Bertz CT molecular complexity index is 1380. The van der Waals surface area contributed by atoms with Crippen LogP contribution < -0.4 is 15.5 Å². The fourth-order valence-corrected chi connectivity index (χ4v) is 5.29. The predicted octanol–water partition coefficient (Wildman–Crippen LogP) is 4.92. The van der Waals surface area contributed by atoms with E-state index >= 15 is 0 Å². The molecule has 3 aliphatic rings. The monoisotopic (exact) mass is 555 g/mol. The molecular formula is C28H32F3N7O2. The molecule has 2 N–H and O–H groups in total. The van der Waals surface area contributed by atoms with Gasteiger partial charge in [0.1, 0.15) is 17.1 Å². The standard InChI is InChI=1S/C28H32F3N7O2/c1-36-10-12-37(13-11-36)19-5-6-23(21(15-19)18-3-4-18)34-27-33-16-22(28(29,30)31)25(35-27)32-8-2-9-38-17-24-20(26(38)39)7-14-40-24/h5-7,14-16,18H,2-4,8-13,17H2,1H3,(H2,32,33,34,35). The molecule has 1 amide bonds. The number of rotatable bonds is 9. The summed E-state index contributed by atoms with van der Waals surface area (Å²) >= 11 is 0. The molecule has 0 atom stereocenters. The van der Waals surface area contributed by atoms with E-state index in [9.17, 15) is 18.0 Å². The van der Waals surface area contributed by atoms with E-state index in [1.54, 1.807) is 11.0 Å². The van der Waals surface area contributed by atoms with Crippen LogP contribution in [0.5, 0.6) is 0 Å². The van der Waals surface area contributed by atoms with Gasteiger partial charge in [-0.25, -0.2) is 4.98 Å². The molecule has 1 aliphatic carbocycles. The summed E-state index contributed by atoms with van der Waals surface area (Å²) in [6, 6.07) is 7.86. The van der Waals surface area contributed by atoms with E-state index in [2.05, 4.69) is 43.5 Å². The number of carbonyl (C=O) groups excluding carboxylic acids is 1. The Morgan fingerprint density at radius 3 is 2.65 bits per heavy atom. The fraction of sp³-hybridized carbons (Fsp3) is 0.464. The van der Waals surface area contributed by atoms with Gasteiger partial charge in [-0.15, -0.1) is 0 Å². The number of nitrogens with zero attached hydrogens (tertiary/aromatic N) is 5. The normalized spacial score (nSPS) is 17.9. The third-order valence-electron chi connectivity index (χ3n) is 7.76. The molecule has 6 rings (SSSR count). The second kappa shape index (κ2) is 10.6. The van der Waals surface area contributed by atoms with Gasteiger partial charge in [0, 0.05) is 56.8 Å². The van der Waals surface area contributed by atoms with Crippen LogP contribution in [0, 0.1) is 0 Å². The topological polar surface area (TPSA) is 89.8 Å². The van der Waals surface area contributed by atoms with Gasteiger partial charge in [-0.1, -0.05) is 0 Å². The highest BCUT2D eigenvalue weighted by atomic mass is 19.4. The highest BCUT2D eigenvalue weighted by molar-refractivity contribution is 5.97. The van der Waals surface area contributed by atoms with E-state index in [-0.39, 0.29) is 24.2 Å². The molecule has 3 aromatic rings. The Balaban J connectivity index is 1.14. The lowest BCUT2D eigenvalue weighted by Crippen LogP contribution is -2.44. The third-order valence-corrected chi connectivity index (χ3v) is 7.76. The first-order valence-electron chi connectivity index (χ1n) is 13.6. The maximum atomic E-state index is 13.7. The molecule has 2 aromatic heterocycles. The van der Waals surface area contributed by atoms with Gasteiger partial charge < -0.3 is 29.8 Å². The lowest BCUT2D eigenvalue weighted by atomic mass is 10.1. The third kappa shape index (κ3) is 5.58. The number of anilines is 4. The highest BCUT2D eigenvalue weighted by Crippen LogP contribution is 2.45. The van der Waals surface area contributed by atoms with Gasteiger partial charge in [-0.05, 0) is 62.1 Å². The number of furan rings is 1. The molecule has 0 unspecified atom stereocenters. The van der Waals surface area contributed by atoms with Crippen molar-refractivity contribution in [3.8, 4) is 0 Å². The molecule has 40 heavy (non-hydrogen) atoms. The molecule has 2 fully saturated rings. The SMILES string of the molecule is CN1CCN(c2ccc(Nc3ncc(C(F)(F)F)c(NCCCN4Cc5occc5C4=O)n3)c(C3CC3)c2)CC1. The molecule has 1 aromatic carbocycles. The van der Waals surface area contributed by atoms with Crippen molar-refractivity contribution < 1.29 is 22.4 Å². The average molecular weight is 556 g/mol. The maximum Gasteiger partial charge on any atom is 0.421 e. The molecule has 0 bridgehead atoms. The fourth-order valence-electron chi connectivity index (χ4n) is 5.29. The van der Waals surface area contributed by atoms with Gasteiger partial charge in [0.25, 0.3) is 5.91 Å². The number of aromatic nitrogens is 2. The largest absolute Gasteiger partial charge is 0.467 e. The van der Waals surface area contributed by atoms with Crippen LogP contribution in [0.2, 0.25) is 0 Å². The van der Waals surface area contributed by atoms with E-state index in [1.165, 1.54) is 6.26 Å². The molecular weight excluding hydrogens is 523 g/mol. The molecule has 1 saturated heterocycles. The average Bonchev–Trinajstić information content (AvgIpc) is 3.60. The molecule has 0 spiro atoms. The minimum atomic E-state index is -4.61. The minimum Gasteiger partial charge on any atom is -0.467 e. The number of carbonyl (C=O) groups is 1. The number of halogens is 3. The lowest BCUT2D eigenvalue weighted by molar-refractivity contribution is -0.137. The van der Waals surface area contributed by atoms with Crippen LogP contribution in [0.1, 0.15) is 52.4 Å². The van der Waals surface area contributed by atoms with Crippen molar-refractivity contribution in [3.05, 3.63) is 59.2 Å². The van der Waals surface area contributed by atoms with Crippen LogP contribution in [-0.2, 0) is 12.7 Å². The van der Waals surface area contributed by atoms with E-state index in [1.807, 2.05) is 12.1 Å². The zero-order valence-corrected chi connectivity index (χ0v) is 22.3. The highest BCUT2D eigenvalue weighted by Gasteiger charge is 2.36. The van der Waals surface area contributed by atoms with E-state index in [4.69, 9.17) is 4.42 Å². The van der Waals surface area contributed by atoms with Crippen molar-refractivity contribution in [2.75, 3.05) is 61.8 Å². The van der Waals surface area contributed by atoms with Crippen LogP contribution in [0.3, 0.4) is 0 Å². The summed E-state index contributed by atoms with van der Waals surface area (Å²) in [5.41, 5.74) is 2.73.